The van der Waals surface area contributed by atoms with Gasteiger partial charge in [-0.3, -0.25) is 0 Å². The van der Waals surface area contributed by atoms with Crippen LogP contribution < -0.4 is 0 Å². The van der Waals surface area contributed by atoms with Gasteiger partial charge in [-0.05, 0) is 48.9 Å². The largest absolute Gasteiger partial charge is 0.358 e. The molecule has 3 rings (SSSR count). The fourth-order valence-corrected chi connectivity index (χ4v) is 5.87. The molecule has 2 heteroatoms. The van der Waals surface area contributed by atoms with Gasteiger partial charge in [0.05, 0.1) is 0 Å². The van der Waals surface area contributed by atoms with Crippen molar-refractivity contribution in [3.63, 3.8) is 0 Å². The van der Waals surface area contributed by atoms with Gasteiger partial charge in [0.2, 0.25) is 0 Å². The normalized spacial score (nSPS) is 16.0. The zero-order valence-corrected chi connectivity index (χ0v) is 21.6. The minimum absolute atomic E-state index is 0.856. The van der Waals surface area contributed by atoms with E-state index in [4.69, 9.17) is 11.6 Å². The number of aromatic amines is 1. The molecule has 0 saturated carbocycles. The molecule has 1 aliphatic rings. The lowest BCUT2D eigenvalue weighted by molar-refractivity contribution is 0.401. The lowest BCUT2D eigenvalue weighted by atomic mass is 9.84. The zero-order chi connectivity index (χ0) is 22.4. The predicted molar refractivity (Wildman–Crippen MR) is 143 cm³/mol. The number of benzene rings is 1. The van der Waals surface area contributed by atoms with E-state index >= 15 is 0 Å². The number of halogens is 1. The van der Waals surface area contributed by atoms with Crippen LogP contribution in [0.2, 0.25) is 5.02 Å². The minimum atomic E-state index is 0.856. The summed E-state index contributed by atoms with van der Waals surface area (Å²) in [6.45, 7) is 2.30. The molecule has 0 radical (unpaired) electrons. The summed E-state index contributed by atoms with van der Waals surface area (Å²) in [4.78, 5) is 3.67. The maximum atomic E-state index is 6.21. The molecule has 1 aromatic carbocycles. The lowest BCUT2D eigenvalue weighted by Gasteiger charge is -2.22. The average molecular weight is 458 g/mol. The second-order valence-electron chi connectivity index (χ2n) is 10.5. The molecule has 1 atom stereocenters. The van der Waals surface area contributed by atoms with Crippen molar-refractivity contribution in [3.05, 3.63) is 34.5 Å². The lowest BCUT2D eigenvalue weighted by Crippen LogP contribution is -2.13. The Morgan fingerprint density at radius 1 is 0.781 bits per heavy atom. The van der Waals surface area contributed by atoms with Gasteiger partial charge >= 0.3 is 0 Å². The fourth-order valence-electron chi connectivity index (χ4n) is 5.70. The Balaban J connectivity index is 1.14. The molecular formula is C30H48ClN. The Bertz CT molecular complexity index is 762. The van der Waals surface area contributed by atoms with E-state index in [-0.39, 0.29) is 0 Å². The molecule has 0 saturated heterocycles. The number of nitrogens with one attached hydrogen (secondary N) is 1. The van der Waals surface area contributed by atoms with Gasteiger partial charge < -0.3 is 4.98 Å². The monoisotopic (exact) mass is 457 g/mol. The molecule has 1 N–H and O–H groups in total. The highest BCUT2D eigenvalue weighted by Gasteiger charge is 2.22. The van der Waals surface area contributed by atoms with Crippen molar-refractivity contribution in [1.82, 2.24) is 4.98 Å². The maximum Gasteiger partial charge on any atom is 0.0460 e. The van der Waals surface area contributed by atoms with Crippen molar-refractivity contribution >= 4 is 22.5 Å². The Morgan fingerprint density at radius 3 is 1.94 bits per heavy atom. The van der Waals surface area contributed by atoms with Gasteiger partial charge in [0.15, 0.2) is 0 Å². The first-order chi connectivity index (χ1) is 15.8. The predicted octanol–water partition coefficient (Wildman–Crippen LogP) is 10.6. The van der Waals surface area contributed by atoms with Crippen molar-refractivity contribution in [2.45, 2.75) is 135 Å². The Hall–Kier alpha value is -0.950. The molecule has 32 heavy (non-hydrogen) atoms. The van der Waals surface area contributed by atoms with E-state index in [9.17, 15) is 0 Å². The molecule has 2 aromatic rings. The Morgan fingerprint density at radius 2 is 1.34 bits per heavy atom. The second-order valence-corrected chi connectivity index (χ2v) is 10.9. The number of rotatable bonds is 17. The number of unbranched alkanes of at least 4 members (excludes halogenated alkanes) is 15. The van der Waals surface area contributed by atoms with Crippen LogP contribution in [0, 0.1) is 5.92 Å². The summed E-state index contributed by atoms with van der Waals surface area (Å²) in [6.07, 6.45) is 28.4. The third kappa shape index (κ3) is 8.77. The van der Waals surface area contributed by atoms with Crippen LogP contribution in [0.4, 0.5) is 0 Å². The highest BCUT2D eigenvalue weighted by Crippen LogP contribution is 2.34. The topological polar surface area (TPSA) is 15.8 Å². The summed E-state index contributed by atoms with van der Waals surface area (Å²) >= 11 is 6.21. The quantitative estimate of drug-likeness (QED) is 0.227. The van der Waals surface area contributed by atoms with Crippen LogP contribution in [0.1, 0.15) is 134 Å². The Kier molecular flexibility index (Phi) is 12.1. The molecule has 1 heterocycles. The number of aromatic nitrogens is 1. The van der Waals surface area contributed by atoms with E-state index in [2.05, 4.69) is 24.0 Å². The van der Waals surface area contributed by atoms with Crippen molar-refractivity contribution in [1.29, 1.82) is 0 Å². The third-order valence-corrected chi connectivity index (χ3v) is 7.95. The first-order valence-electron chi connectivity index (χ1n) is 14.1. The number of hydrogen-bond acceptors (Lipinski definition) is 0. The summed E-state index contributed by atoms with van der Waals surface area (Å²) in [5, 5.41) is 2.21. The first-order valence-corrected chi connectivity index (χ1v) is 14.4. The molecule has 0 aliphatic heterocycles. The van der Waals surface area contributed by atoms with Crippen LogP contribution in [0.15, 0.2) is 18.2 Å². The Labute approximate surface area is 203 Å². The first kappa shape index (κ1) is 25.7. The number of H-pyrrole nitrogens is 1. The molecule has 0 bridgehead atoms. The summed E-state index contributed by atoms with van der Waals surface area (Å²) in [5.74, 6) is 0.873. The van der Waals surface area contributed by atoms with E-state index in [0.29, 0.717) is 0 Å². The van der Waals surface area contributed by atoms with E-state index in [1.54, 1.807) is 0 Å². The molecule has 1 unspecified atom stereocenters. The standard InChI is InChI=1S/C30H48ClN/c1-2-3-4-5-6-7-8-9-10-11-12-13-14-15-16-17-18-25-19-21-27-28-24-26(31)20-22-29(28)32-30(27)23-25/h20,22,24-25,32H,2-19,21,23H2,1H3. The van der Waals surface area contributed by atoms with E-state index < -0.39 is 0 Å². The van der Waals surface area contributed by atoms with Gasteiger partial charge in [-0.15, -0.1) is 0 Å². The third-order valence-electron chi connectivity index (χ3n) is 7.72. The molecule has 0 fully saturated rings. The maximum absolute atomic E-state index is 6.21. The molecule has 180 valence electrons. The summed E-state index contributed by atoms with van der Waals surface area (Å²) < 4.78 is 0. The van der Waals surface area contributed by atoms with Gasteiger partial charge in [0.1, 0.15) is 0 Å². The van der Waals surface area contributed by atoms with Crippen LogP contribution in [0.25, 0.3) is 10.9 Å². The van der Waals surface area contributed by atoms with Gasteiger partial charge in [0, 0.05) is 21.6 Å². The van der Waals surface area contributed by atoms with Gasteiger partial charge in [-0.1, -0.05) is 128 Å². The van der Waals surface area contributed by atoms with Gasteiger partial charge in [-0.2, -0.15) is 0 Å². The molecule has 1 aromatic heterocycles. The van der Waals surface area contributed by atoms with Crippen LogP contribution in [-0.2, 0) is 12.8 Å². The van der Waals surface area contributed by atoms with Crippen molar-refractivity contribution in [2.24, 2.45) is 5.92 Å². The van der Waals surface area contributed by atoms with Crippen LogP contribution >= 0.6 is 11.6 Å². The zero-order valence-electron chi connectivity index (χ0n) is 20.8. The summed E-state index contributed by atoms with van der Waals surface area (Å²) in [5.41, 5.74) is 4.28. The highest BCUT2D eigenvalue weighted by atomic mass is 35.5. The summed E-state index contributed by atoms with van der Waals surface area (Å²) in [7, 11) is 0. The summed E-state index contributed by atoms with van der Waals surface area (Å²) in [6, 6.07) is 6.28. The van der Waals surface area contributed by atoms with Crippen molar-refractivity contribution in [2.75, 3.05) is 0 Å². The van der Waals surface area contributed by atoms with Crippen molar-refractivity contribution in [3.8, 4) is 0 Å². The van der Waals surface area contributed by atoms with Crippen LogP contribution in [0.5, 0.6) is 0 Å². The molecule has 0 spiro atoms. The molecule has 1 nitrogen and oxygen atoms in total. The fraction of sp³-hybridized carbons (Fsp3) is 0.733. The van der Waals surface area contributed by atoms with Gasteiger partial charge in [0.25, 0.3) is 0 Å². The van der Waals surface area contributed by atoms with Gasteiger partial charge in [-0.25, -0.2) is 0 Å². The number of aryl methyl sites for hydroxylation is 1. The highest BCUT2D eigenvalue weighted by molar-refractivity contribution is 6.31. The minimum Gasteiger partial charge on any atom is -0.358 e. The average Bonchev–Trinajstić information content (AvgIpc) is 3.15. The number of fused-ring (bicyclic) bond motifs is 3. The van der Waals surface area contributed by atoms with Crippen LogP contribution in [0.3, 0.4) is 0 Å². The SMILES string of the molecule is CCCCCCCCCCCCCCCCCCC1CCc2c([nH]c3ccc(Cl)cc23)C1. The van der Waals surface area contributed by atoms with Crippen molar-refractivity contribution < 1.29 is 0 Å². The molecule has 1 aliphatic carbocycles. The van der Waals surface area contributed by atoms with E-state index in [1.165, 1.54) is 151 Å². The molecular weight excluding hydrogens is 410 g/mol. The molecule has 0 amide bonds. The number of hydrogen-bond donors (Lipinski definition) is 1. The van der Waals surface area contributed by atoms with E-state index in [0.717, 1.165) is 10.9 Å². The van der Waals surface area contributed by atoms with Crippen LogP contribution in [-0.4, -0.2) is 4.98 Å². The smallest absolute Gasteiger partial charge is 0.0460 e. The van der Waals surface area contributed by atoms with E-state index in [1.807, 2.05) is 6.07 Å². The second kappa shape index (κ2) is 15.0.